The second-order valence-corrected chi connectivity index (χ2v) is 4.03. The average Bonchev–Trinajstić information content (AvgIpc) is 1.80. The van der Waals surface area contributed by atoms with Crippen molar-refractivity contribution in [2.45, 2.75) is 19.8 Å². The topological polar surface area (TPSA) is 17.1 Å². The molecule has 1 nitrogen and oxygen atoms in total. The molecule has 54 valence electrons. The first kappa shape index (κ1) is 9.45. The smallest absolute Gasteiger partial charge is 0.129 e. The summed E-state index contributed by atoms with van der Waals surface area (Å²) >= 11 is 1.86. The Bertz CT molecular complexity index is 85.1. The van der Waals surface area contributed by atoms with Gasteiger partial charge in [-0.2, -0.15) is 11.8 Å². The highest BCUT2D eigenvalue weighted by Crippen LogP contribution is 2.07. The molecule has 0 radical (unpaired) electrons. The minimum Gasteiger partial charge on any atom is -0.300 e. The van der Waals surface area contributed by atoms with Gasteiger partial charge in [-0.25, -0.2) is 0 Å². The molecule has 0 fully saturated rings. The van der Waals surface area contributed by atoms with Crippen molar-refractivity contribution in [3.63, 3.8) is 0 Å². The van der Waals surface area contributed by atoms with Gasteiger partial charge < -0.3 is 4.79 Å². The molecule has 0 aliphatic carbocycles. The van der Waals surface area contributed by atoms with Gasteiger partial charge in [-0.15, -0.1) is 9.24 Å². The van der Waals surface area contributed by atoms with E-state index in [1.165, 1.54) is 0 Å². The lowest BCUT2D eigenvalue weighted by molar-refractivity contribution is -0.117. The van der Waals surface area contributed by atoms with E-state index in [0.29, 0.717) is 5.78 Å². The van der Waals surface area contributed by atoms with E-state index in [9.17, 15) is 4.79 Å². The molecule has 0 rings (SSSR count). The van der Waals surface area contributed by atoms with Crippen LogP contribution in [0, 0.1) is 0 Å². The Morgan fingerprint density at radius 2 is 2.33 bits per heavy atom. The molecule has 0 aromatic carbocycles. The molecule has 0 aromatic heterocycles. The Hall–Kier alpha value is 0.450. The Balaban J connectivity index is 2.83. The lowest BCUT2D eigenvalue weighted by atomic mass is 10.3. The molecule has 0 amide bonds. The summed E-state index contributed by atoms with van der Waals surface area (Å²) in [6.45, 7) is 1.64. The highest BCUT2D eigenvalue weighted by atomic mass is 32.2. The largest absolute Gasteiger partial charge is 0.300 e. The average molecular weight is 164 g/mol. The molecule has 0 heterocycles. The van der Waals surface area contributed by atoms with Gasteiger partial charge in [0.15, 0.2) is 0 Å². The Kier molecular flexibility index (Phi) is 6.90. The van der Waals surface area contributed by atoms with Crippen LogP contribution in [0.5, 0.6) is 0 Å². The van der Waals surface area contributed by atoms with Crippen LogP contribution < -0.4 is 0 Å². The zero-order chi connectivity index (χ0) is 7.11. The summed E-state index contributed by atoms with van der Waals surface area (Å²) in [4.78, 5) is 10.4. The van der Waals surface area contributed by atoms with Gasteiger partial charge in [-0.05, 0) is 19.1 Å². The molecule has 0 aromatic rings. The van der Waals surface area contributed by atoms with Crippen molar-refractivity contribution < 1.29 is 4.79 Å². The fourth-order valence-corrected chi connectivity index (χ4v) is 1.52. The van der Waals surface area contributed by atoms with Crippen molar-refractivity contribution in [1.29, 1.82) is 0 Å². The first-order valence-corrected chi connectivity index (χ1v) is 5.01. The second kappa shape index (κ2) is 6.57. The Morgan fingerprint density at radius 3 is 2.78 bits per heavy atom. The molecule has 0 spiro atoms. The van der Waals surface area contributed by atoms with E-state index in [4.69, 9.17) is 0 Å². The highest BCUT2D eigenvalue weighted by Gasteiger charge is 1.91. The van der Waals surface area contributed by atoms with Gasteiger partial charge in [0.25, 0.3) is 0 Å². The number of hydrogen-bond donors (Lipinski definition) is 0. The van der Waals surface area contributed by atoms with Crippen LogP contribution in [0.2, 0.25) is 0 Å². The van der Waals surface area contributed by atoms with Crippen molar-refractivity contribution in [2.24, 2.45) is 0 Å². The van der Waals surface area contributed by atoms with Gasteiger partial charge in [0, 0.05) is 11.9 Å². The maximum atomic E-state index is 10.4. The summed E-state index contributed by atoms with van der Waals surface area (Å²) < 4.78 is 0. The summed E-state index contributed by atoms with van der Waals surface area (Å²) in [5.41, 5.74) is 1.08. The van der Waals surface area contributed by atoms with Gasteiger partial charge >= 0.3 is 0 Å². The number of ketones is 1. The number of carbonyl (C=O) groups excluding carboxylic acids is 1. The third-order valence-corrected chi connectivity index (χ3v) is 2.46. The molecule has 9 heavy (non-hydrogen) atoms. The first-order chi connectivity index (χ1) is 4.27. The molecule has 0 bridgehead atoms. The molecule has 1 atom stereocenters. The number of carbonyl (C=O) groups is 1. The van der Waals surface area contributed by atoms with Gasteiger partial charge in [0.05, 0.1) is 0 Å². The van der Waals surface area contributed by atoms with Crippen molar-refractivity contribution in [3.8, 4) is 0 Å². The van der Waals surface area contributed by atoms with Crippen LogP contribution in [-0.2, 0) is 4.79 Å². The summed E-state index contributed by atoms with van der Waals surface area (Å²) in [5, 5.41) is 0. The van der Waals surface area contributed by atoms with Crippen molar-refractivity contribution in [3.05, 3.63) is 0 Å². The van der Waals surface area contributed by atoms with Crippen molar-refractivity contribution in [2.75, 3.05) is 11.2 Å². The predicted octanol–water partition coefficient (Wildman–Crippen LogP) is 1.92. The molecule has 0 saturated heterocycles. The van der Waals surface area contributed by atoms with Gasteiger partial charge in [-0.1, -0.05) is 0 Å². The fraction of sp³-hybridized carbons (Fsp3) is 0.833. The molecule has 1 unspecified atom stereocenters. The lowest BCUT2D eigenvalue weighted by Crippen LogP contribution is -1.90. The van der Waals surface area contributed by atoms with E-state index in [1.807, 2.05) is 11.8 Å². The van der Waals surface area contributed by atoms with Crippen LogP contribution in [0.25, 0.3) is 0 Å². The van der Waals surface area contributed by atoms with E-state index < -0.39 is 0 Å². The normalized spacial score (nSPS) is 9.56. The van der Waals surface area contributed by atoms with Crippen LogP contribution >= 0.6 is 21.0 Å². The van der Waals surface area contributed by atoms with E-state index in [2.05, 4.69) is 9.24 Å². The zero-order valence-electron chi connectivity index (χ0n) is 5.72. The van der Waals surface area contributed by atoms with Crippen LogP contribution in [0.4, 0.5) is 0 Å². The van der Waals surface area contributed by atoms with Crippen LogP contribution in [0.15, 0.2) is 0 Å². The zero-order valence-corrected chi connectivity index (χ0v) is 7.69. The van der Waals surface area contributed by atoms with Crippen LogP contribution in [0.3, 0.4) is 0 Å². The summed E-state index contributed by atoms with van der Waals surface area (Å²) in [6, 6.07) is 0. The lowest BCUT2D eigenvalue weighted by Gasteiger charge is -1.93. The van der Waals surface area contributed by atoms with E-state index in [-0.39, 0.29) is 0 Å². The molecule has 3 heteroatoms. The van der Waals surface area contributed by atoms with E-state index >= 15 is 0 Å². The van der Waals surface area contributed by atoms with E-state index in [1.54, 1.807) is 6.92 Å². The number of rotatable bonds is 5. The van der Waals surface area contributed by atoms with Crippen molar-refractivity contribution in [1.82, 2.24) is 0 Å². The standard InChI is InChI=1S/C6H13OPS/c1-6(7)3-2-4-9-5-8/h2-5,8H2,1H3. The highest BCUT2D eigenvalue weighted by molar-refractivity contribution is 8.02. The maximum Gasteiger partial charge on any atom is 0.129 e. The van der Waals surface area contributed by atoms with Gasteiger partial charge in [0.1, 0.15) is 5.78 Å². The minimum absolute atomic E-state index is 0.305. The summed E-state index contributed by atoms with van der Waals surface area (Å²) in [5.74, 6) is 1.42. The fourth-order valence-electron chi connectivity index (χ4n) is 0.507. The van der Waals surface area contributed by atoms with Gasteiger partial charge in [0.2, 0.25) is 0 Å². The summed E-state index contributed by atoms with van der Waals surface area (Å²) in [6.07, 6.45) is 1.78. The number of hydrogen-bond acceptors (Lipinski definition) is 2. The molecular weight excluding hydrogens is 151 g/mol. The molecule has 0 aliphatic rings. The SMILES string of the molecule is CC(=O)CCCSCP. The van der Waals surface area contributed by atoms with Crippen LogP contribution in [-0.4, -0.2) is 17.0 Å². The first-order valence-electron chi connectivity index (χ1n) is 3.04. The quantitative estimate of drug-likeness (QED) is 0.456. The minimum atomic E-state index is 0.305. The van der Waals surface area contributed by atoms with Crippen molar-refractivity contribution >= 4 is 26.8 Å². The third-order valence-electron chi connectivity index (χ3n) is 0.935. The summed E-state index contributed by atoms with van der Waals surface area (Å²) in [7, 11) is 2.65. The second-order valence-electron chi connectivity index (χ2n) is 1.88. The number of thioether (sulfide) groups is 1. The number of Topliss-reactive ketones (excluding diaryl/α,β-unsaturated/α-hetero) is 1. The van der Waals surface area contributed by atoms with Gasteiger partial charge in [-0.3, -0.25) is 0 Å². The molecule has 0 N–H and O–H groups in total. The Morgan fingerprint density at radius 1 is 1.67 bits per heavy atom. The van der Waals surface area contributed by atoms with E-state index in [0.717, 1.165) is 24.1 Å². The van der Waals surface area contributed by atoms with Crippen LogP contribution in [0.1, 0.15) is 19.8 Å². The molecule has 0 saturated carbocycles. The predicted molar refractivity (Wildman–Crippen MR) is 47.0 cm³/mol. The third kappa shape index (κ3) is 8.45. The Labute approximate surface area is 63.2 Å². The molecular formula is C6H13OPS. The monoisotopic (exact) mass is 164 g/mol. The maximum absolute atomic E-state index is 10.4. The molecule has 0 aliphatic heterocycles.